The highest BCUT2D eigenvalue weighted by Gasteiger charge is 2.56. The Morgan fingerprint density at radius 3 is 2.64 bits per heavy atom. The zero-order valence-corrected chi connectivity index (χ0v) is 17.4. The third-order valence-electron chi connectivity index (χ3n) is 6.24. The van der Waals surface area contributed by atoms with E-state index in [0.717, 1.165) is 18.6 Å². The van der Waals surface area contributed by atoms with Crippen LogP contribution in [-0.4, -0.2) is 28.2 Å². The number of hydrogen-bond donors (Lipinski definition) is 1. The first-order valence-corrected chi connectivity index (χ1v) is 10.7. The Hall–Kier alpha value is -3.78. The van der Waals surface area contributed by atoms with E-state index in [4.69, 9.17) is 9.15 Å². The standard InChI is InChI=1S/C25H19F2N3O3/c26-15-7-5-14(6-8-15)21-23(30(13-28-21)22-16-11-12-32-24(16)22)19-9-10-20(33-19)25(31)29-18-4-2-1-3-17(18)27/h1-10,13,16,22,24H,11-12H2,(H,29,31). The van der Waals surface area contributed by atoms with Gasteiger partial charge in [-0.15, -0.1) is 0 Å². The molecular weight excluding hydrogens is 428 g/mol. The molecule has 0 radical (unpaired) electrons. The summed E-state index contributed by atoms with van der Waals surface area (Å²) in [6, 6.07) is 15.4. The maximum absolute atomic E-state index is 13.9. The van der Waals surface area contributed by atoms with Crippen LogP contribution in [0, 0.1) is 17.6 Å². The number of nitrogens with zero attached hydrogens (tertiary/aromatic N) is 2. The summed E-state index contributed by atoms with van der Waals surface area (Å²) in [5.74, 6) is -0.538. The number of halogens is 2. The fourth-order valence-corrected chi connectivity index (χ4v) is 4.57. The average Bonchev–Trinajstić information content (AvgIpc) is 3.30. The lowest BCUT2D eigenvalue weighted by Crippen LogP contribution is -2.12. The summed E-state index contributed by atoms with van der Waals surface area (Å²) in [4.78, 5) is 17.3. The van der Waals surface area contributed by atoms with Crippen LogP contribution in [-0.2, 0) is 4.74 Å². The van der Waals surface area contributed by atoms with Crippen molar-refractivity contribution in [1.82, 2.24) is 9.55 Å². The number of hydrogen-bond acceptors (Lipinski definition) is 4. The van der Waals surface area contributed by atoms with Gasteiger partial charge in [0, 0.05) is 18.1 Å². The minimum Gasteiger partial charge on any atom is -0.449 e. The largest absolute Gasteiger partial charge is 0.449 e. The van der Waals surface area contributed by atoms with Crippen LogP contribution >= 0.6 is 0 Å². The molecule has 3 atom stereocenters. The van der Waals surface area contributed by atoms with Gasteiger partial charge in [0.05, 0.1) is 29.9 Å². The quantitative estimate of drug-likeness (QED) is 0.451. The molecule has 1 aliphatic carbocycles. The summed E-state index contributed by atoms with van der Waals surface area (Å²) in [6.45, 7) is 0.752. The fraction of sp³-hybridized carbons (Fsp3) is 0.200. The van der Waals surface area contributed by atoms with Crippen molar-refractivity contribution >= 4 is 11.6 Å². The molecule has 6 rings (SSSR count). The maximum Gasteiger partial charge on any atom is 0.291 e. The minimum atomic E-state index is -0.563. The molecule has 166 valence electrons. The maximum atomic E-state index is 13.9. The minimum absolute atomic E-state index is 0.0401. The Labute approximate surface area is 187 Å². The van der Waals surface area contributed by atoms with Crippen LogP contribution in [0.2, 0.25) is 0 Å². The fourth-order valence-electron chi connectivity index (χ4n) is 4.57. The van der Waals surface area contributed by atoms with Gasteiger partial charge in [-0.25, -0.2) is 13.8 Å². The van der Waals surface area contributed by atoms with Crippen molar-refractivity contribution in [1.29, 1.82) is 0 Å². The van der Waals surface area contributed by atoms with Crippen molar-refractivity contribution < 1.29 is 22.7 Å². The Kier molecular flexibility index (Phi) is 4.62. The van der Waals surface area contributed by atoms with Crippen LogP contribution in [0.15, 0.2) is 71.4 Å². The van der Waals surface area contributed by atoms with Gasteiger partial charge in [-0.2, -0.15) is 0 Å². The van der Waals surface area contributed by atoms with Gasteiger partial charge in [0.15, 0.2) is 11.5 Å². The van der Waals surface area contributed by atoms with E-state index in [1.807, 2.05) is 4.57 Å². The number of aromatic nitrogens is 2. The van der Waals surface area contributed by atoms with Crippen LogP contribution in [0.1, 0.15) is 23.0 Å². The second-order valence-electron chi connectivity index (χ2n) is 8.23. The number of fused-ring (bicyclic) bond motifs is 1. The second-order valence-corrected chi connectivity index (χ2v) is 8.23. The highest BCUT2D eigenvalue weighted by Crippen LogP contribution is 2.54. The molecule has 0 bridgehead atoms. The number of nitrogens with one attached hydrogen (secondary N) is 1. The molecule has 1 N–H and O–H groups in total. The molecule has 3 heterocycles. The van der Waals surface area contributed by atoms with Crippen molar-refractivity contribution in [2.75, 3.05) is 11.9 Å². The summed E-state index contributed by atoms with van der Waals surface area (Å²) >= 11 is 0. The van der Waals surface area contributed by atoms with Crippen LogP contribution < -0.4 is 5.32 Å². The molecule has 3 unspecified atom stereocenters. The molecule has 2 aromatic carbocycles. The molecule has 1 amide bonds. The second kappa shape index (κ2) is 7.67. The third-order valence-corrected chi connectivity index (χ3v) is 6.24. The van der Waals surface area contributed by atoms with Gasteiger partial charge in [0.1, 0.15) is 17.3 Å². The SMILES string of the molecule is O=C(Nc1ccccc1F)c1ccc(-c2c(-c3ccc(F)cc3)ncn2C2C3CCOC32)o1. The Bertz CT molecular complexity index is 1340. The van der Waals surface area contributed by atoms with Gasteiger partial charge in [0.2, 0.25) is 0 Å². The average molecular weight is 447 g/mol. The van der Waals surface area contributed by atoms with E-state index < -0.39 is 11.7 Å². The molecule has 1 saturated heterocycles. The Morgan fingerprint density at radius 1 is 1.06 bits per heavy atom. The van der Waals surface area contributed by atoms with Crippen LogP contribution in [0.4, 0.5) is 14.5 Å². The molecule has 0 spiro atoms. The first-order valence-electron chi connectivity index (χ1n) is 10.7. The van der Waals surface area contributed by atoms with Gasteiger partial charge in [-0.3, -0.25) is 4.79 Å². The van der Waals surface area contributed by atoms with Crippen LogP contribution in [0.5, 0.6) is 0 Å². The van der Waals surface area contributed by atoms with Crippen LogP contribution in [0.25, 0.3) is 22.7 Å². The Balaban J connectivity index is 1.37. The molecule has 6 nitrogen and oxygen atoms in total. The molecule has 33 heavy (non-hydrogen) atoms. The van der Waals surface area contributed by atoms with Crippen molar-refractivity contribution in [2.24, 2.45) is 5.92 Å². The predicted octanol–water partition coefficient (Wildman–Crippen LogP) is 5.30. The monoisotopic (exact) mass is 447 g/mol. The van der Waals surface area contributed by atoms with E-state index in [2.05, 4.69) is 10.3 Å². The summed E-state index contributed by atoms with van der Waals surface area (Å²) in [7, 11) is 0. The van der Waals surface area contributed by atoms with Crippen LogP contribution in [0.3, 0.4) is 0 Å². The summed E-state index contributed by atoms with van der Waals surface area (Å²) < 4.78 is 41.2. The molecular formula is C25H19F2N3O3. The normalized spacial score (nSPS) is 21.1. The number of amides is 1. The molecule has 2 aromatic heterocycles. The van der Waals surface area contributed by atoms with Gasteiger partial charge in [-0.1, -0.05) is 12.1 Å². The molecule has 2 aliphatic rings. The van der Waals surface area contributed by atoms with Gasteiger partial charge < -0.3 is 19.0 Å². The molecule has 8 heteroatoms. The predicted molar refractivity (Wildman–Crippen MR) is 117 cm³/mol. The summed E-state index contributed by atoms with van der Waals surface area (Å²) in [5.41, 5.74) is 2.11. The lowest BCUT2D eigenvalue weighted by atomic mass is 10.1. The Morgan fingerprint density at radius 2 is 1.88 bits per heavy atom. The van der Waals surface area contributed by atoms with E-state index in [1.165, 1.54) is 24.3 Å². The number of carbonyl (C=O) groups is 1. The number of ether oxygens (including phenoxy) is 1. The number of benzene rings is 2. The molecule has 2 fully saturated rings. The number of carbonyl (C=O) groups excluding carboxylic acids is 1. The molecule has 4 aromatic rings. The lowest BCUT2D eigenvalue weighted by molar-refractivity contribution is 0.0996. The number of furan rings is 1. The van der Waals surface area contributed by atoms with Crippen molar-refractivity contribution in [3.05, 3.63) is 84.4 Å². The lowest BCUT2D eigenvalue weighted by Gasteiger charge is -2.10. The van der Waals surface area contributed by atoms with Gasteiger partial charge in [-0.05, 0) is 55.0 Å². The number of rotatable bonds is 5. The zero-order chi connectivity index (χ0) is 22.5. The van der Waals surface area contributed by atoms with Crippen molar-refractivity contribution in [3.63, 3.8) is 0 Å². The van der Waals surface area contributed by atoms with Gasteiger partial charge >= 0.3 is 0 Å². The van der Waals surface area contributed by atoms with E-state index >= 15 is 0 Å². The highest BCUT2D eigenvalue weighted by atomic mass is 19.1. The van der Waals surface area contributed by atoms with Gasteiger partial charge in [0.25, 0.3) is 5.91 Å². The van der Waals surface area contributed by atoms with Crippen molar-refractivity contribution in [2.45, 2.75) is 18.6 Å². The van der Waals surface area contributed by atoms with Crippen molar-refractivity contribution in [3.8, 4) is 22.7 Å². The summed E-state index contributed by atoms with van der Waals surface area (Å²) in [6.07, 6.45) is 2.85. The molecule has 1 saturated carbocycles. The van der Waals surface area contributed by atoms with E-state index in [9.17, 15) is 13.6 Å². The van der Waals surface area contributed by atoms with E-state index in [0.29, 0.717) is 23.1 Å². The first-order chi connectivity index (χ1) is 16.1. The van der Waals surface area contributed by atoms with E-state index in [-0.39, 0.29) is 29.4 Å². The first kappa shape index (κ1) is 19.9. The smallest absolute Gasteiger partial charge is 0.291 e. The number of para-hydroxylation sites is 1. The molecule has 1 aliphatic heterocycles. The number of imidazole rings is 1. The topological polar surface area (TPSA) is 69.3 Å². The third kappa shape index (κ3) is 3.43. The number of anilines is 1. The highest BCUT2D eigenvalue weighted by molar-refractivity contribution is 6.02. The zero-order valence-electron chi connectivity index (χ0n) is 17.4. The van der Waals surface area contributed by atoms with E-state index in [1.54, 1.807) is 42.7 Å². The summed E-state index contributed by atoms with van der Waals surface area (Å²) in [5, 5.41) is 2.53.